The molecule has 33 heavy (non-hydrogen) atoms. The fourth-order valence-corrected chi connectivity index (χ4v) is 4.48. The van der Waals surface area contributed by atoms with E-state index in [0.29, 0.717) is 27.6 Å². The number of nitrogens with one attached hydrogen (secondary N) is 1. The maximum absolute atomic E-state index is 14.0. The van der Waals surface area contributed by atoms with Gasteiger partial charge in [0.2, 0.25) is 5.91 Å². The molecule has 0 saturated heterocycles. The van der Waals surface area contributed by atoms with Crippen molar-refractivity contribution in [2.45, 2.75) is 30.3 Å². The summed E-state index contributed by atoms with van der Waals surface area (Å²) in [6.07, 6.45) is 2.00. The van der Waals surface area contributed by atoms with Gasteiger partial charge in [0.25, 0.3) is 5.56 Å². The molecule has 4 aromatic rings. The molecule has 1 atom stereocenters. The smallest absolute Gasteiger partial charge is 0.263 e. The minimum absolute atomic E-state index is 0.100. The van der Waals surface area contributed by atoms with Crippen LogP contribution < -0.4 is 10.9 Å². The number of hydrogen-bond donors (Lipinski definition) is 1. The molecule has 2 aromatic heterocycles. The van der Waals surface area contributed by atoms with Crippen molar-refractivity contribution in [3.63, 3.8) is 0 Å². The molecule has 2 aromatic carbocycles. The van der Waals surface area contributed by atoms with Gasteiger partial charge in [0, 0.05) is 11.2 Å². The minimum Gasteiger partial charge on any atom is -0.323 e. The van der Waals surface area contributed by atoms with Gasteiger partial charge in [-0.15, -0.1) is 0 Å². The van der Waals surface area contributed by atoms with Gasteiger partial charge in [-0.3, -0.25) is 14.2 Å². The largest absolute Gasteiger partial charge is 0.323 e. The predicted octanol–water partition coefficient (Wildman–Crippen LogP) is 5.14. The van der Waals surface area contributed by atoms with Crippen LogP contribution >= 0.6 is 23.4 Å². The van der Waals surface area contributed by atoms with Gasteiger partial charge in [0.15, 0.2) is 10.8 Å². The molecule has 168 valence electrons. The van der Waals surface area contributed by atoms with Crippen LogP contribution in [0.2, 0.25) is 5.02 Å². The lowest BCUT2D eigenvalue weighted by atomic mass is 10.2. The molecule has 0 fully saturated rings. The maximum Gasteiger partial charge on any atom is 0.263 e. The van der Waals surface area contributed by atoms with Gasteiger partial charge in [-0.05, 0) is 42.3 Å². The molecule has 0 aliphatic rings. The zero-order valence-electron chi connectivity index (χ0n) is 17.7. The molecule has 0 radical (unpaired) electrons. The lowest BCUT2D eigenvalue weighted by Gasteiger charge is -2.18. The fraction of sp³-hybridized carbons (Fsp3) is 0.167. The zero-order valence-corrected chi connectivity index (χ0v) is 19.2. The summed E-state index contributed by atoms with van der Waals surface area (Å²) in [6.45, 7) is 2.03. The first kappa shape index (κ1) is 22.9. The normalized spacial score (nSPS) is 12.0. The van der Waals surface area contributed by atoms with Crippen molar-refractivity contribution in [1.29, 1.82) is 0 Å². The van der Waals surface area contributed by atoms with Crippen molar-refractivity contribution < 1.29 is 9.18 Å². The van der Waals surface area contributed by atoms with Crippen molar-refractivity contribution in [3.8, 4) is 0 Å². The third kappa shape index (κ3) is 5.07. The molecule has 0 unspecified atom stereocenters. The number of para-hydroxylation sites is 1. The molecule has 6 nitrogen and oxygen atoms in total. The summed E-state index contributed by atoms with van der Waals surface area (Å²) in [6, 6.07) is 16.5. The summed E-state index contributed by atoms with van der Waals surface area (Å²) >= 11 is 7.47. The summed E-state index contributed by atoms with van der Waals surface area (Å²) in [5.41, 5.74) is 0.866. The van der Waals surface area contributed by atoms with Gasteiger partial charge in [0.05, 0.1) is 22.9 Å². The van der Waals surface area contributed by atoms with Crippen LogP contribution in [-0.4, -0.2) is 25.7 Å². The summed E-state index contributed by atoms with van der Waals surface area (Å²) in [4.78, 5) is 35.0. The van der Waals surface area contributed by atoms with Crippen LogP contribution in [0.15, 0.2) is 76.8 Å². The van der Waals surface area contributed by atoms with E-state index < -0.39 is 11.1 Å². The number of aromatic nitrogens is 3. The lowest BCUT2D eigenvalue weighted by Crippen LogP contribution is -2.29. The van der Waals surface area contributed by atoms with Gasteiger partial charge in [-0.2, -0.15) is 0 Å². The van der Waals surface area contributed by atoms with Gasteiger partial charge in [0.1, 0.15) is 5.82 Å². The summed E-state index contributed by atoms with van der Waals surface area (Å²) in [5, 5.41) is 3.24. The van der Waals surface area contributed by atoms with E-state index >= 15 is 0 Å². The minimum atomic E-state index is -0.616. The highest BCUT2D eigenvalue weighted by molar-refractivity contribution is 8.00. The first-order valence-electron chi connectivity index (χ1n) is 10.3. The number of hydrogen-bond acceptors (Lipinski definition) is 5. The number of carbonyl (C=O) groups excluding carboxylic acids is 1. The number of carbonyl (C=O) groups is 1. The zero-order chi connectivity index (χ0) is 23.4. The molecule has 4 rings (SSSR count). The average Bonchev–Trinajstić information content (AvgIpc) is 2.82. The van der Waals surface area contributed by atoms with E-state index in [9.17, 15) is 14.0 Å². The number of nitrogens with zero attached hydrogens (tertiary/aromatic N) is 3. The molecule has 0 aliphatic heterocycles. The monoisotopic (exact) mass is 482 g/mol. The van der Waals surface area contributed by atoms with Crippen molar-refractivity contribution in [1.82, 2.24) is 14.5 Å². The molecular formula is C24H20ClFN4O2S. The molecule has 0 bridgehead atoms. The third-order valence-electron chi connectivity index (χ3n) is 5.02. The van der Waals surface area contributed by atoms with Gasteiger partial charge >= 0.3 is 0 Å². The van der Waals surface area contributed by atoms with E-state index in [1.54, 1.807) is 36.5 Å². The molecule has 1 amide bonds. The van der Waals surface area contributed by atoms with Crippen molar-refractivity contribution >= 4 is 46.0 Å². The Hall–Kier alpha value is -3.23. The predicted molar refractivity (Wildman–Crippen MR) is 129 cm³/mol. The number of halogens is 2. The van der Waals surface area contributed by atoms with Crippen molar-refractivity contribution in [3.05, 3.63) is 93.6 Å². The van der Waals surface area contributed by atoms with E-state index in [1.165, 1.54) is 16.7 Å². The van der Waals surface area contributed by atoms with E-state index in [0.717, 1.165) is 17.3 Å². The van der Waals surface area contributed by atoms with Gasteiger partial charge < -0.3 is 5.32 Å². The highest BCUT2D eigenvalue weighted by atomic mass is 35.5. The Bertz CT molecular complexity index is 1380. The van der Waals surface area contributed by atoms with Gasteiger partial charge in [-0.25, -0.2) is 14.4 Å². The van der Waals surface area contributed by atoms with Crippen LogP contribution in [0.4, 0.5) is 10.1 Å². The van der Waals surface area contributed by atoms with E-state index in [1.807, 2.05) is 25.1 Å². The Morgan fingerprint density at radius 2 is 1.91 bits per heavy atom. The first-order valence-corrected chi connectivity index (χ1v) is 11.5. The highest BCUT2D eigenvalue weighted by Crippen LogP contribution is 2.27. The Labute approximate surface area is 198 Å². The van der Waals surface area contributed by atoms with Gasteiger partial charge in [-0.1, -0.05) is 60.6 Å². The summed E-state index contributed by atoms with van der Waals surface area (Å²) in [5.74, 6) is -0.901. The fourth-order valence-electron chi connectivity index (χ4n) is 3.29. The number of amides is 1. The number of benzene rings is 2. The SMILES string of the molecule is CC[C@@H](Sc1nc2ncccc2c(=O)n1Cc1ccccc1Cl)C(=O)Nc1ccccc1F. The molecule has 0 aliphatic carbocycles. The van der Waals surface area contributed by atoms with Crippen molar-refractivity contribution in [2.24, 2.45) is 0 Å². The number of fused-ring (bicyclic) bond motifs is 1. The van der Waals surface area contributed by atoms with Crippen LogP contribution in [-0.2, 0) is 11.3 Å². The number of rotatable bonds is 7. The number of anilines is 1. The molecule has 2 heterocycles. The second-order valence-electron chi connectivity index (χ2n) is 7.24. The third-order valence-corrected chi connectivity index (χ3v) is 6.75. The second-order valence-corrected chi connectivity index (χ2v) is 8.81. The topological polar surface area (TPSA) is 76.9 Å². The quantitative estimate of drug-likeness (QED) is 0.291. The second kappa shape index (κ2) is 10.1. The Kier molecular flexibility index (Phi) is 7.05. The highest BCUT2D eigenvalue weighted by Gasteiger charge is 2.23. The van der Waals surface area contributed by atoms with E-state index in [2.05, 4.69) is 15.3 Å². The van der Waals surface area contributed by atoms with E-state index in [4.69, 9.17) is 11.6 Å². The van der Waals surface area contributed by atoms with Crippen LogP contribution in [0, 0.1) is 5.82 Å². The first-order chi connectivity index (χ1) is 16.0. The molecule has 9 heteroatoms. The standard InChI is InChI=1S/C24H20ClFN4O2S/c1-2-20(22(31)28-19-12-6-5-11-18(19)26)33-24-29-21-16(9-7-13-27-21)23(32)30(24)14-15-8-3-4-10-17(15)25/h3-13,20H,2,14H2,1H3,(H,28,31)/t20-/m1/s1. The number of thioether (sulfide) groups is 1. The van der Waals surface area contributed by atoms with Crippen LogP contribution in [0.25, 0.3) is 11.0 Å². The Balaban J connectivity index is 1.72. The lowest BCUT2D eigenvalue weighted by molar-refractivity contribution is -0.115. The Morgan fingerprint density at radius 3 is 2.67 bits per heavy atom. The van der Waals surface area contributed by atoms with E-state index in [-0.39, 0.29) is 23.7 Å². The summed E-state index contributed by atoms with van der Waals surface area (Å²) < 4.78 is 15.5. The van der Waals surface area contributed by atoms with Crippen LogP contribution in [0.1, 0.15) is 18.9 Å². The average molecular weight is 483 g/mol. The summed E-state index contributed by atoms with van der Waals surface area (Å²) in [7, 11) is 0. The van der Waals surface area contributed by atoms with Crippen LogP contribution in [0.5, 0.6) is 0 Å². The number of pyridine rings is 1. The maximum atomic E-state index is 14.0. The van der Waals surface area contributed by atoms with Crippen LogP contribution in [0.3, 0.4) is 0 Å². The molecule has 1 N–H and O–H groups in total. The molecular weight excluding hydrogens is 463 g/mol. The molecule has 0 spiro atoms. The van der Waals surface area contributed by atoms with Crippen molar-refractivity contribution in [2.75, 3.05) is 5.32 Å². The molecule has 0 saturated carbocycles. The Morgan fingerprint density at radius 1 is 1.15 bits per heavy atom.